The van der Waals surface area contributed by atoms with Crippen LogP contribution < -0.4 is 0 Å². The van der Waals surface area contributed by atoms with Crippen LogP contribution in [0.4, 0.5) is 0 Å². The SMILES string of the molecule is [2H]C([2H])([2H])O[C@H]1C[C@@H]2CC([2H])([2H])[C@@H](C)[C@@](O)(O2)C(=O)C(=O)N2CCCC[C@H]2C(=O)O[C@H]([C@H](C)C[C@@H]2CC[C@@H](OC([2H])([2H])CO)[C@H](OC)C2)CC(=O)[C@H](C)/C=C(\C)[C@@H](O)[C@@H](OC)C(=O)[C@H](C)C([2H])(C)[C@]([2H])(C)/C=C/C=CC=C1C. The first-order valence-corrected chi connectivity index (χ1v) is 24.4. The van der Waals surface area contributed by atoms with E-state index in [2.05, 4.69) is 0 Å². The third kappa shape index (κ3) is 15.3. The van der Waals surface area contributed by atoms with Crippen LogP contribution in [-0.4, -0.2) is 145 Å². The van der Waals surface area contributed by atoms with E-state index in [1.165, 1.54) is 92.2 Å². The quantitative estimate of drug-likeness (QED) is 0.129. The Kier molecular flexibility index (Phi) is 18.1. The highest BCUT2D eigenvalue weighted by molar-refractivity contribution is 6.39. The molecule has 4 rings (SSSR count). The van der Waals surface area contributed by atoms with Gasteiger partial charge >= 0.3 is 5.97 Å². The molecule has 3 N–H and O–H groups in total. The number of carbonyl (C=O) groups excluding carboxylic acids is 5. The van der Waals surface area contributed by atoms with Crippen LogP contribution in [0.1, 0.15) is 138 Å². The molecule has 3 heterocycles. The molecule has 1 saturated carbocycles. The first-order chi connectivity index (χ1) is 36.0. The molecule has 390 valence electrons. The zero-order chi connectivity index (χ0) is 59.1. The monoisotopic (exact) mass is 981 g/mol. The highest BCUT2D eigenvalue weighted by atomic mass is 16.6. The molecule has 3 aliphatic heterocycles. The summed E-state index contributed by atoms with van der Waals surface area (Å²) in [5.41, 5.74) is 0.474. The molecule has 0 aromatic rings. The number of esters is 1. The molecule has 2 bridgehead atoms. The van der Waals surface area contributed by atoms with E-state index >= 15 is 0 Å². The number of piperidine rings is 1. The zero-order valence-corrected chi connectivity index (χ0v) is 42.2. The second-order valence-corrected chi connectivity index (χ2v) is 19.5. The van der Waals surface area contributed by atoms with Gasteiger partial charge in [-0.1, -0.05) is 78.0 Å². The molecule has 15 nitrogen and oxygen atoms in total. The second kappa shape index (κ2) is 27.4. The molecular formula is C54H85NO14. The summed E-state index contributed by atoms with van der Waals surface area (Å²) in [7, 11) is -0.303. The zero-order valence-electron chi connectivity index (χ0n) is 51.2. The summed E-state index contributed by atoms with van der Waals surface area (Å²) in [6.07, 6.45) is -0.590. The number of methoxy groups -OCH3 is 3. The molecule has 69 heavy (non-hydrogen) atoms. The van der Waals surface area contributed by atoms with Crippen molar-refractivity contribution in [1.82, 2.24) is 4.90 Å². The molecule has 1 amide bonds. The van der Waals surface area contributed by atoms with Gasteiger partial charge in [-0.05, 0) is 106 Å². The average Bonchev–Trinajstić information content (AvgIpc) is 3.37. The van der Waals surface area contributed by atoms with E-state index in [1.807, 2.05) is 0 Å². The van der Waals surface area contributed by atoms with Gasteiger partial charge in [-0.2, -0.15) is 0 Å². The number of hydrogen-bond acceptors (Lipinski definition) is 14. The highest BCUT2D eigenvalue weighted by Gasteiger charge is 2.53. The number of hydrogen-bond donors (Lipinski definition) is 3. The van der Waals surface area contributed by atoms with Gasteiger partial charge in [-0.15, -0.1) is 0 Å². The molecule has 16 atom stereocenters. The molecule has 3 fully saturated rings. The molecule has 0 aromatic carbocycles. The number of aliphatic hydroxyl groups is 3. The van der Waals surface area contributed by atoms with E-state index in [0.29, 0.717) is 44.1 Å². The third-order valence-electron chi connectivity index (χ3n) is 14.7. The van der Waals surface area contributed by atoms with Crippen molar-refractivity contribution in [1.29, 1.82) is 0 Å². The number of rotatable bonds is 9. The maximum absolute atomic E-state index is 14.6. The number of cyclic esters (lactones) is 1. The Balaban J connectivity index is 1.82. The number of carbonyl (C=O) groups is 5. The highest BCUT2D eigenvalue weighted by Crippen LogP contribution is 2.38. The lowest BCUT2D eigenvalue weighted by Gasteiger charge is -2.42. The van der Waals surface area contributed by atoms with Crippen LogP contribution in [-0.2, 0) is 52.4 Å². The number of fused-ring (bicyclic) bond motifs is 3. The van der Waals surface area contributed by atoms with Gasteiger partial charge in [0, 0.05) is 63.9 Å². The minimum Gasteiger partial charge on any atom is -0.460 e. The Morgan fingerprint density at radius 1 is 0.957 bits per heavy atom. The molecule has 2 saturated heterocycles. The lowest BCUT2D eigenvalue weighted by molar-refractivity contribution is -0.265. The summed E-state index contributed by atoms with van der Waals surface area (Å²) >= 11 is 0. The number of amides is 1. The van der Waals surface area contributed by atoms with Crippen LogP contribution >= 0.6 is 0 Å². The van der Waals surface area contributed by atoms with Crippen molar-refractivity contribution < 1.29 is 80.1 Å². The van der Waals surface area contributed by atoms with E-state index in [0.717, 1.165) is 4.90 Å². The normalized spacial score (nSPS) is 43.8. The Hall–Kier alpha value is -3.41. The van der Waals surface area contributed by atoms with Crippen molar-refractivity contribution in [3.05, 3.63) is 47.6 Å². The number of aliphatic hydroxyl groups excluding tert-OH is 2. The van der Waals surface area contributed by atoms with Crippen LogP contribution in [0.5, 0.6) is 0 Å². The van der Waals surface area contributed by atoms with Crippen LogP contribution in [0.2, 0.25) is 0 Å². The van der Waals surface area contributed by atoms with Crippen molar-refractivity contribution in [2.75, 3.05) is 41.0 Å². The van der Waals surface area contributed by atoms with Gasteiger partial charge in [0.15, 0.2) is 5.78 Å². The van der Waals surface area contributed by atoms with Crippen molar-refractivity contribution in [2.45, 2.75) is 181 Å². The third-order valence-corrected chi connectivity index (χ3v) is 14.7. The average molecular weight is 981 g/mol. The first kappa shape index (κ1) is 45.5. The van der Waals surface area contributed by atoms with Crippen LogP contribution in [0.25, 0.3) is 0 Å². The predicted octanol–water partition coefficient (Wildman–Crippen LogP) is 6.44. The standard InChI is InChI=1S/C54H85NO14/c1-32-17-13-12-14-18-33(2)45(64-9)30-41-22-20-37(6)54(63,69-41)51(60)52(61)55-24-16-15-19-42(55)53(62)68-46(35(4)28-40-21-23-44(67-26-25-56)47(29-40)65-10)31-43(57)34(3)27-36(5)48(58)50(66-11)49(59)39(8)38(32)7/h12-14,17-18,27,32,34-35,37-42,44-48,50,56,58,63H,15-16,19-26,28-31H2,1-11H3/b14-12?,17-13+,33-18?,36-27+/t32-,34-,35-,37-,38?,39-,40+,41+,42+,44-,45+,46+,47-,48-,50-,54-/m1/s1/i9D3,20D2,26D2,32D,38D. The number of allylic oxidation sites excluding steroid dienone is 6. The number of ether oxygens (including phenoxy) is 6. The van der Waals surface area contributed by atoms with Gasteiger partial charge < -0.3 is 48.6 Å². The fraction of sp³-hybridized carbons (Fsp3) is 0.759. The van der Waals surface area contributed by atoms with E-state index in [9.17, 15) is 42.0 Å². The lowest BCUT2D eigenvalue weighted by atomic mass is 9.78. The Morgan fingerprint density at radius 3 is 2.38 bits per heavy atom. The van der Waals surface area contributed by atoms with E-state index in [4.69, 9.17) is 38.0 Å². The van der Waals surface area contributed by atoms with E-state index in [-0.39, 0.29) is 30.9 Å². The van der Waals surface area contributed by atoms with E-state index < -0.39 is 159 Å². The number of ketones is 3. The molecule has 1 aliphatic carbocycles. The van der Waals surface area contributed by atoms with Gasteiger partial charge in [0.05, 0.1) is 44.4 Å². The lowest BCUT2D eigenvalue weighted by Crippen LogP contribution is -2.61. The van der Waals surface area contributed by atoms with Gasteiger partial charge in [0.1, 0.15) is 30.1 Å². The summed E-state index contributed by atoms with van der Waals surface area (Å²) < 4.78 is 110. The van der Waals surface area contributed by atoms with Crippen LogP contribution in [0, 0.1) is 41.4 Å². The summed E-state index contributed by atoms with van der Waals surface area (Å²) in [4.78, 5) is 73.0. The Bertz CT molecular complexity index is 2240. The van der Waals surface area contributed by atoms with Crippen LogP contribution in [0.3, 0.4) is 0 Å². The summed E-state index contributed by atoms with van der Waals surface area (Å²) in [6.45, 7) is 8.60. The molecule has 15 heteroatoms. The Morgan fingerprint density at radius 2 is 1.70 bits per heavy atom. The summed E-state index contributed by atoms with van der Waals surface area (Å²) in [6, 6.07) is -1.40. The van der Waals surface area contributed by atoms with Crippen molar-refractivity contribution in [2.24, 2.45) is 41.4 Å². The molecule has 0 spiro atoms. The van der Waals surface area contributed by atoms with Gasteiger partial charge in [-0.3, -0.25) is 19.2 Å². The fourth-order valence-corrected chi connectivity index (χ4v) is 9.81. The number of nitrogens with zero attached hydrogens (tertiary/aromatic N) is 1. The second-order valence-electron chi connectivity index (χ2n) is 19.5. The predicted molar refractivity (Wildman–Crippen MR) is 261 cm³/mol. The minimum atomic E-state index is -3.10. The summed E-state index contributed by atoms with van der Waals surface area (Å²) in [5, 5.41) is 33.3. The maximum Gasteiger partial charge on any atom is 0.329 e. The Labute approximate surface area is 424 Å². The fourth-order valence-electron chi connectivity index (χ4n) is 9.81. The van der Waals surface area contributed by atoms with Crippen molar-refractivity contribution >= 4 is 29.2 Å². The topological polar surface area (TPSA) is 205 Å². The van der Waals surface area contributed by atoms with Gasteiger partial charge in [-0.25, -0.2) is 4.79 Å². The van der Waals surface area contributed by atoms with E-state index in [1.54, 1.807) is 13.8 Å². The largest absolute Gasteiger partial charge is 0.460 e. The molecule has 0 aromatic heterocycles. The molecule has 0 radical (unpaired) electrons. The molecule has 1 unspecified atom stereocenters. The maximum atomic E-state index is 14.6. The summed E-state index contributed by atoms with van der Waals surface area (Å²) in [5.74, 6) is -16.1. The van der Waals surface area contributed by atoms with Crippen molar-refractivity contribution in [3.63, 3.8) is 0 Å². The molecular weight excluding hydrogens is 887 g/mol. The minimum absolute atomic E-state index is 0.0185. The molecule has 4 aliphatic rings. The van der Waals surface area contributed by atoms with Gasteiger partial charge in [0.25, 0.3) is 11.7 Å². The van der Waals surface area contributed by atoms with Crippen LogP contribution in [0.15, 0.2) is 47.6 Å². The van der Waals surface area contributed by atoms with Crippen molar-refractivity contribution in [3.8, 4) is 0 Å². The van der Waals surface area contributed by atoms with Gasteiger partial charge in [0.2, 0.25) is 5.79 Å². The number of Topliss-reactive ketones (excluding diaryl/α,β-unsaturated/α-hetero) is 3. The first-order valence-electron chi connectivity index (χ1n) is 28.9. The smallest absolute Gasteiger partial charge is 0.329 e.